The molecule has 0 aromatic carbocycles. The second-order valence-electron chi connectivity index (χ2n) is 4.79. The summed E-state index contributed by atoms with van der Waals surface area (Å²) in [6.45, 7) is 3.14. The molecule has 1 aliphatic heterocycles. The number of esters is 1. The standard InChI is InChI=1S/C13H16BrN3O4/c1-2-21-13(18)9-4-3-5-16(8-9)12-11(17(19)20)6-10(14)7-15-12/h6-7,9H,2-5,8H2,1H3. The van der Waals surface area contributed by atoms with Crippen LogP contribution in [-0.2, 0) is 9.53 Å². The zero-order chi connectivity index (χ0) is 15.4. The summed E-state index contributed by atoms with van der Waals surface area (Å²) < 4.78 is 5.59. The predicted octanol–water partition coefficient (Wildman–Crippen LogP) is 2.53. The molecule has 0 amide bonds. The van der Waals surface area contributed by atoms with Gasteiger partial charge in [0.25, 0.3) is 0 Å². The van der Waals surface area contributed by atoms with Crippen molar-refractivity contribution in [1.82, 2.24) is 4.98 Å². The van der Waals surface area contributed by atoms with Gasteiger partial charge in [-0.1, -0.05) is 0 Å². The van der Waals surface area contributed by atoms with Crippen molar-refractivity contribution in [2.75, 3.05) is 24.6 Å². The molecule has 8 heteroatoms. The van der Waals surface area contributed by atoms with Gasteiger partial charge in [-0.25, -0.2) is 4.98 Å². The van der Waals surface area contributed by atoms with Gasteiger partial charge >= 0.3 is 11.7 Å². The molecule has 1 aromatic heterocycles. The van der Waals surface area contributed by atoms with E-state index in [9.17, 15) is 14.9 Å². The molecule has 0 radical (unpaired) electrons. The Morgan fingerprint density at radius 2 is 2.43 bits per heavy atom. The molecule has 114 valence electrons. The number of rotatable bonds is 4. The number of hydrogen-bond acceptors (Lipinski definition) is 6. The van der Waals surface area contributed by atoms with E-state index in [-0.39, 0.29) is 17.6 Å². The van der Waals surface area contributed by atoms with Gasteiger partial charge in [-0.2, -0.15) is 0 Å². The third-order valence-corrected chi connectivity index (χ3v) is 3.79. The first-order chi connectivity index (χ1) is 10.0. The molecule has 1 unspecified atom stereocenters. The lowest BCUT2D eigenvalue weighted by Crippen LogP contribution is -2.40. The van der Waals surface area contributed by atoms with Crippen LogP contribution in [0.5, 0.6) is 0 Å². The van der Waals surface area contributed by atoms with Gasteiger partial charge in [0, 0.05) is 29.8 Å². The quantitative estimate of drug-likeness (QED) is 0.467. The molecule has 2 rings (SSSR count). The molecule has 1 atom stereocenters. The van der Waals surface area contributed by atoms with E-state index in [1.807, 2.05) is 0 Å². The molecule has 0 spiro atoms. The Morgan fingerprint density at radius 1 is 1.67 bits per heavy atom. The first kappa shape index (κ1) is 15.7. The summed E-state index contributed by atoms with van der Waals surface area (Å²) in [6, 6.07) is 1.43. The molecule has 1 aliphatic rings. The Kier molecular flexibility index (Phi) is 5.11. The highest BCUT2D eigenvalue weighted by Crippen LogP contribution is 2.31. The second kappa shape index (κ2) is 6.84. The Labute approximate surface area is 130 Å². The summed E-state index contributed by atoms with van der Waals surface area (Å²) in [6.07, 6.45) is 3.04. The van der Waals surface area contributed by atoms with Crippen molar-refractivity contribution < 1.29 is 14.5 Å². The summed E-state index contributed by atoms with van der Waals surface area (Å²) in [5.74, 6) is -0.206. The number of carbonyl (C=O) groups excluding carboxylic acids is 1. The van der Waals surface area contributed by atoms with Crippen LogP contribution in [0.2, 0.25) is 0 Å². The van der Waals surface area contributed by atoms with Crippen molar-refractivity contribution in [3.63, 3.8) is 0 Å². The zero-order valence-corrected chi connectivity index (χ0v) is 13.2. The number of piperidine rings is 1. The van der Waals surface area contributed by atoms with Crippen LogP contribution in [0.15, 0.2) is 16.7 Å². The fourth-order valence-electron chi connectivity index (χ4n) is 2.42. The molecule has 0 bridgehead atoms. The van der Waals surface area contributed by atoms with E-state index in [1.165, 1.54) is 12.3 Å². The molecule has 21 heavy (non-hydrogen) atoms. The SMILES string of the molecule is CCOC(=O)C1CCCN(c2ncc(Br)cc2[N+](=O)[O-])C1. The smallest absolute Gasteiger partial charge is 0.312 e. The highest BCUT2D eigenvalue weighted by molar-refractivity contribution is 9.10. The van der Waals surface area contributed by atoms with Gasteiger partial charge in [0.2, 0.25) is 5.82 Å². The molecular weight excluding hydrogens is 342 g/mol. The van der Waals surface area contributed by atoms with Crippen LogP contribution < -0.4 is 4.90 Å². The van der Waals surface area contributed by atoms with Crippen LogP contribution in [-0.4, -0.2) is 35.6 Å². The van der Waals surface area contributed by atoms with Crippen LogP contribution in [0, 0.1) is 16.0 Å². The predicted molar refractivity (Wildman–Crippen MR) is 80.2 cm³/mol. The molecule has 1 aromatic rings. The van der Waals surface area contributed by atoms with Gasteiger partial charge in [0.1, 0.15) is 0 Å². The van der Waals surface area contributed by atoms with Crippen LogP contribution in [0.4, 0.5) is 11.5 Å². The molecule has 7 nitrogen and oxygen atoms in total. The number of halogens is 1. The topological polar surface area (TPSA) is 85.6 Å². The summed E-state index contributed by atoms with van der Waals surface area (Å²) >= 11 is 3.18. The Hall–Kier alpha value is -1.70. The first-order valence-corrected chi connectivity index (χ1v) is 7.53. The molecule has 0 saturated carbocycles. The van der Waals surface area contributed by atoms with Crippen molar-refractivity contribution in [2.24, 2.45) is 5.92 Å². The first-order valence-electron chi connectivity index (χ1n) is 6.74. The highest BCUT2D eigenvalue weighted by Gasteiger charge is 2.31. The van der Waals surface area contributed by atoms with Gasteiger partial charge < -0.3 is 9.64 Å². The Bertz CT molecular complexity index is 552. The van der Waals surface area contributed by atoms with Crippen LogP contribution in [0.3, 0.4) is 0 Å². The van der Waals surface area contributed by atoms with Gasteiger partial charge in [-0.05, 0) is 35.7 Å². The maximum atomic E-state index is 11.8. The van der Waals surface area contributed by atoms with Crippen LogP contribution >= 0.6 is 15.9 Å². The molecule has 1 saturated heterocycles. The minimum atomic E-state index is -0.457. The van der Waals surface area contributed by atoms with Crippen molar-refractivity contribution in [3.05, 3.63) is 26.9 Å². The number of pyridine rings is 1. The normalized spacial score (nSPS) is 18.4. The third kappa shape index (κ3) is 3.69. The minimum Gasteiger partial charge on any atom is -0.466 e. The number of ether oxygens (including phenoxy) is 1. The van der Waals surface area contributed by atoms with Crippen LogP contribution in [0.25, 0.3) is 0 Å². The van der Waals surface area contributed by atoms with E-state index in [0.717, 1.165) is 12.8 Å². The van der Waals surface area contributed by atoms with Crippen LogP contribution in [0.1, 0.15) is 19.8 Å². The van der Waals surface area contributed by atoms with E-state index < -0.39 is 4.92 Å². The average Bonchev–Trinajstić information content (AvgIpc) is 2.47. The lowest BCUT2D eigenvalue weighted by molar-refractivity contribution is -0.384. The largest absolute Gasteiger partial charge is 0.466 e. The maximum absolute atomic E-state index is 11.8. The number of anilines is 1. The summed E-state index contributed by atoms with van der Waals surface area (Å²) in [4.78, 5) is 28.5. The van der Waals surface area contributed by atoms with Crippen molar-refractivity contribution >= 4 is 33.4 Å². The summed E-state index contributed by atoms with van der Waals surface area (Å²) in [7, 11) is 0. The maximum Gasteiger partial charge on any atom is 0.312 e. The van der Waals surface area contributed by atoms with Crippen molar-refractivity contribution in [3.8, 4) is 0 Å². The number of hydrogen-bond donors (Lipinski definition) is 0. The molecule has 1 fully saturated rings. The average molecular weight is 358 g/mol. The zero-order valence-electron chi connectivity index (χ0n) is 11.6. The lowest BCUT2D eigenvalue weighted by atomic mass is 9.98. The summed E-state index contributed by atoms with van der Waals surface area (Å²) in [5, 5.41) is 11.2. The summed E-state index contributed by atoms with van der Waals surface area (Å²) in [5.41, 5.74) is -0.0612. The van der Waals surface area contributed by atoms with E-state index >= 15 is 0 Å². The molecule has 0 aliphatic carbocycles. The van der Waals surface area contributed by atoms with Crippen molar-refractivity contribution in [1.29, 1.82) is 0 Å². The van der Waals surface area contributed by atoms with Gasteiger partial charge in [0.15, 0.2) is 0 Å². The van der Waals surface area contributed by atoms with E-state index in [2.05, 4.69) is 20.9 Å². The fraction of sp³-hybridized carbons (Fsp3) is 0.538. The monoisotopic (exact) mass is 357 g/mol. The number of carbonyl (C=O) groups is 1. The number of aromatic nitrogens is 1. The van der Waals surface area contributed by atoms with Gasteiger partial charge in [-0.15, -0.1) is 0 Å². The number of nitrogens with zero attached hydrogens (tertiary/aromatic N) is 3. The number of nitro groups is 1. The van der Waals surface area contributed by atoms with Crippen molar-refractivity contribution in [2.45, 2.75) is 19.8 Å². The Balaban J connectivity index is 2.22. The van der Waals surface area contributed by atoms with E-state index in [0.29, 0.717) is 30.0 Å². The van der Waals surface area contributed by atoms with Gasteiger partial charge in [-0.3, -0.25) is 14.9 Å². The highest BCUT2D eigenvalue weighted by atomic mass is 79.9. The Morgan fingerprint density at radius 3 is 3.10 bits per heavy atom. The molecule has 0 N–H and O–H groups in total. The lowest BCUT2D eigenvalue weighted by Gasteiger charge is -2.31. The minimum absolute atomic E-state index is 0.0612. The second-order valence-corrected chi connectivity index (χ2v) is 5.71. The third-order valence-electron chi connectivity index (χ3n) is 3.35. The van der Waals surface area contributed by atoms with E-state index in [1.54, 1.807) is 11.8 Å². The molecular formula is C13H16BrN3O4. The van der Waals surface area contributed by atoms with Gasteiger partial charge in [0.05, 0.1) is 17.4 Å². The van der Waals surface area contributed by atoms with E-state index in [4.69, 9.17) is 4.74 Å². The fourth-order valence-corrected chi connectivity index (χ4v) is 2.74. The molecule has 2 heterocycles.